The molecule has 21 heavy (non-hydrogen) atoms. The molecule has 0 bridgehead atoms. The van der Waals surface area contributed by atoms with Crippen molar-refractivity contribution in [1.29, 1.82) is 0 Å². The highest BCUT2D eigenvalue weighted by atomic mass is 32.1. The van der Waals surface area contributed by atoms with Crippen LogP contribution in [0.1, 0.15) is 35.2 Å². The molecule has 2 aromatic rings. The van der Waals surface area contributed by atoms with Crippen LogP contribution in [0.15, 0.2) is 36.4 Å². The van der Waals surface area contributed by atoms with Gasteiger partial charge in [-0.05, 0) is 52.0 Å². The van der Waals surface area contributed by atoms with Gasteiger partial charge in [0.1, 0.15) is 0 Å². The van der Waals surface area contributed by atoms with E-state index in [-0.39, 0.29) is 18.0 Å². The fourth-order valence-electron chi connectivity index (χ4n) is 2.11. The van der Waals surface area contributed by atoms with Crippen LogP contribution in [0.5, 0.6) is 0 Å². The van der Waals surface area contributed by atoms with Crippen LogP contribution >= 0.6 is 11.3 Å². The summed E-state index contributed by atoms with van der Waals surface area (Å²) in [5.41, 5.74) is 2.01. The molecular weight excluding hydrogens is 280 g/mol. The highest BCUT2D eigenvalue weighted by Crippen LogP contribution is 2.22. The fraction of sp³-hybridized carbons (Fsp3) is 0.353. The maximum atomic E-state index is 12.2. The van der Waals surface area contributed by atoms with Gasteiger partial charge in [-0.1, -0.05) is 17.7 Å². The molecule has 112 valence electrons. The summed E-state index contributed by atoms with van der Waals surface area (Å²) in [7, 11) is 0. The van der Waals surface area contributed by atoms with Gasteiger partial charge in [0.05, 0.1) is 6.04 Å². The predicted octanol–water partition coefficient (Wildman–Crippen LogP) is 4.04. The molecule has 0 saturated heterocycles. The Morgan fingerprint density at radius 3 is 2.29 bits per heavy atom. The Kier molecular flexibility index (Phi) is 5.15. The lowest BCUT2D eigenvalue weighted by Crippen LogP contribution is -2.39. The molecule has 1 aromatic heterocycles. The van der Waals surface area contributed by atoms with E-state index >= 15 is 0 Å². The minimum absolute atomic E-state index is 0.0148. The Bertz CT molecular complexity index is 604. The molecule has 0 fully saturated rings. The van der Waals surface area contributed by atoms with E-state index in [9.17, 15) is 4.79 Å². The molecule has 1 heterocycles. The first-order chi connectivity index (χ1) is 9.95. The molecule has 0 aliphatic heterocycles. The minimum atomic E-state index is -0.247. The van der Waals surface area contributed by atoms with Crippen LogP contribution in [-0.2, 0) is 4.79 Å². The third-order valence-electron chi connectivity index (χ3n) is 3.40. The van der Waals surface area contributed by atoms with Crippen LogP contribution in [0.2, 0.25) is 0 Å². The lowest BCUT2D eigenvalue weighted by Gasteiger charge is -2.19. The summed E-state index contributed by atoms with van der Waals surface area (Å²) < 4.78 is 0. The summed E-state index contributed by atoms with van der Waals surface area (Å²) in [5, 5.41) is 6.27. The van der Waals surface area contributed by atoms with Crippen LogP contribution in [0.25, 0.3) is 0 Å². The van der Waals surface area contributed by atoms with Gasteiger partial charge < -0.3 is 5.32 Å². The summed E-state index contributed by atoms with van der Waals surface area (Å²) in [6.45, 7) is 8.09. The lowest BCUT2D eigenvalue weighted by molar-refractivity contribution is -0.117. The third kappa shape index (κ3) is 4.41. The molecule has 2 rings (SSSR count). The molecular formula is C17H22N2OS. The summed E-state index contributed by atoms with van der Waals surface area (Å²) in [6, 6.07) is 12.0. The van der Waals surface area contributed by atoms with Crippen molar-refractivity contribution >= 4 is 22.9 Å². The van der Waals surface area contributed by atoms with E-state index in [0.717, 1.165) is 5.69 Å². The number of rotatable bonds is 5. The molecule has 2 N–H and O–H groups in total. The maximum Gasteiger partial charge on any atom is 0.241 e. The second-order valence-electron chi connectivity index (χ2n) is 5.41. The zero-order valence-electron chi connectivity index (χ0n) is 12.9. The maximum absolute atomic E-state index is 12.2. The van der Waals surface area contributed by atoms with Gasteiger partial charge >= 0.3 is 0 Å². The summed E-state index contributed by atoms with van der Waals surface area (Å²) in [4.78, 5) is 14.7. The Hall–Kier alpha value is -1.65. The Morgan fingerprint density at radius 1 is 1.05 bits per heavy atom. The smallest absolute Gasteiger partial charge is 0.241 e. The van der Waals surface area contributed by atoms with Crippen molar-refractivity contribution in [1.82, 2.24) is 5.32 Å². The number of carbonyl (C=O) groups is 1. The van der Waals surface area contributed by atoms with Gasteiger partial charge in [0.2, 0.25) is 5.91 Å². The second kappa shape index (κ2) is 6.87. The van der Waals surface area contributed by atoms with Crippen molar-refractivity contribution in [2.75, 3.05) is 5.32 Å². The van der Waals surface area contributed by atoms with Gasteiger partial charge in [0.15, 0.2) is 0 Å². The average molecular weight is 302 g/mol. The van der Waals surface area contributed by atoms with E-state index < -0.39 is 0 Å². The SMILES string of the molecule is Cc1ccc(NC(=O)C(C)NC(C)c2ccc(C)s2)cc1. The zero-order chi connectivity index (χ0) is 15.4. The van der Waals surface area contributed by atoms with Crippen molar-refractivity contribution in [3.63, 3.8) is 0 Å². The number of nitrogens with one attached hydrogen (secondary N) is 2. The van der Waals surface area contributed by atoms with Gasteiger partial charge in [-0.15, -0.1) is 11.3 Å². The van der Waals surface area contributed by atoms with Gasteiger partial charge in [-0.2, -0.15) is 0 Å². The molecule has 0 spiro atoms. The van der Waals surface area contributed by atoms with Crippen LogP contribution in [0, 0.1) is 13.8 Å². The number of benzene rings is 1. The van der Waals surface area contributed by atoms with Crippen LogP contribution < -0.4 is 10.6 Å². The van der Waals surface area contributed by atoms with Crippen LogP contribution in [0.3, 0.4) is 0 Å². The van der Waals surface area contributed by atoms with Gasteiger partial charge in [-0.25, -0.2) is 0 Å². The van der Waals surface area contributed by atoms with E-state index in [1.165, 1.54) is 15.3 Å². The molecule has 0 aliphatic rings. The number of amides is 1. The highest BCUT2D eigenvalue weighted by Gasteiger charge is 2.17. The topological polar surface area (TPSA) is 41.1 Å². The van der Waals surface area contributed by atoms with Crippen LogP contribution in [0.4, 0.5) is 5.69 Å². The van der Waals surface area contributed by atoms with E-state index in [1.54, 1.807) is 11.3 Å². The minimum Gasteiger partial charge on any atom is -0.325 e. The van der Waals surface area contributed by atoms with E-state index in [1.807, 2.05) is 38.1 Å². The van der Waals surface area contributed by atoms with Crippen molar-refractivity contribution in [2.45, 2.75) is 39.8 Å². The number of carbonyl (C=O) groups excluding carboxylic acids is 1. The normalized spacial score (nSPS) is 13.7. The molecule has 2 atom stereocenters. The average Bonchev–Trinajstić information content (AvgIpc) is 2.88. The Balaban J connectivity index is 1.91. The number of hydrogen-bond acceptors (Lipinski definition) is 3. The second-order valence-corrected chi connectivity index (χ2v) is 6.73. The molecule has 1 amide bonds. The molecule has 2 unspecified atom stereocenters. The van der Waals surface area contributed by atoms with Gasteiger partial charge in [0.25, 0.3) is 0 Å². The van der Waals surface area contributed by atoms with Gasteiger partial charge in [-0.3, -0.25) is 10.1 Å². The first-order valence-electron chi connectivity index (χ1n) is 7.15. The van der Waals surface area contributed by atoms with Crippen molar-refractivity contribution in [3.8, 4) is 0 Å². The summed E-state index contributed by atoms with van der Waals surface area (Å²) in [6.07, 6.45) is 0. The fourth-order valence-corrected chi connectivity index (χ4v) is 3.00. The molecule has 3 nitrogen and oxygen atoms in total. The number of hydrogen-bond donors (Lipinski definition) is 2. The van der Waals surface area contributed by atoms with E-state index in [4.69, 9.17) is 0 Å². The number of thiophene rings is 1. The molecule has 1 aromatic carbocycles. The molecule has 0 radical (unpaired) electrons. The predicted molar refractivity (Wildman–Crippen MR) is 89.9 cm³/mol. The Morgan fingerprint density at radius 2 is 1.71 bits per heavy atom. The largest absolute Gasteiger partial charge is 0.325 e. The summed E-state index contributed by atoms with van der Waals surface area (Å²) in [5.74, 6) is -0.0148. The lowest BCUT2D eigenvalue weighted by atomic mass is 10.2. The monoisotopic (exact) mass is 302 g/mol. The zero-order valence-corrected chi connectivity index (χ0v) is 13.8. The molecule has 4 heteroatoms. The quantitative estimate of drug-likeness (QED) is 0.875. The standard InChI is InChI=1S/C17H22N2OS/c1-11-5-8-15(9-6-11)19-17(20)14(4)18-13(3)16-10-7-12(2)21-16/h5-10,13-14,18H,1-4H3,(H,19,20). The number of anilines is 1. The third-order valence-corrected chi connectivity index (χ3v) is 4.58. The van der Waals surface area contributed by atoms with E-state index in [2.05, 4.69) is 36.6 Å². The first-order valence-corrected chi connectivity index (χ1v) is 7.97. The van der Waals surface area contributed by atoms with Crippen molar-refractivity contribution < 1.29 is 4.79 Å². The number of aryl methyl sites for hydroxylation is 2. The highest BCUT2D eigenvalue weighted by molar-refractivity contribution is 7.12. The summed E-state index contributed by atoms with van der Waals surface area (Å²) >= 11 is 1.76. The Labute approximate surface area is 130 Å². The van der Waals surface area contributed by atoms with Crippen molar-refractivity contribution in [2.24, 2.45) is 0 Å². The first kappa shape index (κ1) is 15.7. The molecule has 0 saturated carbocycles. The van der Waals surface area contributed by atoms with E-state index in [0.29, 0.717) is 0 Å². The van der Waals surface area contributed by atoms with Gasteiger partial charge in [0, 0.05) is 21.5 Å². The van der Waals surface area contributed by atoms with Crippen LogP contribution in [-0.4, -0.2) is 11.9 Å². The van der Waals surface area contributed by atoms with Crippen molar-refractivity contribution in [3.05, 3.63) is 51.7 Å². The molecule has 0 aliphatic carbocycles.